The van der Waals surface area contributed by atoms with Crippen molar-refractivity contribution in [1.82, 2.24) is 0 Å². The Morgan fingerprint density at radius 3 is 2.19 bits per heavy atom. The maximum Gasteiger partial charge on any atom is 0.127 e. The summed E-state index contributed by atoms with van der Waals surface area (Å²) in [6.07, 6.45) is 0. The van der Waals surface area contributed by atoms with E-state index < -0.39 is 0 Å². The lowest BCUT2D eigenvalue weighted by molar-refractivity contribution is -1.02. The molecule has 0 bridgehead atoms. The Hall–Kier alpha value is -2.56. The summed E-state index contributed by atoms with van der Waals surface area (Å²) in [4.78, 5) is 3.19. The Bertz CT molecular complexity index is 900. The third-order valence-electron chi connectivity index (χ3n) is 5.72. The fraction of sp³-hybridized carbons (Fsp3) is 0.304. The van der Waals surface area contributed by atoms with E-state index in [1.54, 1.807) is 16.9 Å². The summed E-state index contributed by atoms with van der Waals surface area (Å²) in [5.74, 6) is 1.34. The van der Waals surface area contributed by atoms with Crippen LogP contribution in [-0.2, 0) is 13.1 Å². The number of piperazine rings is 1. The van der Waals surface area contributed by atoms with Crippen molar-refractivity contribution in [3.05, 3.63) is 71.8 Å². The molecule has 4 nitrogen and oxygen atoms in total. The fourth-order valence-corrected chi connectivity index (χ4v) is 4.10. The average Bonchev–Trinajstić information content (AvgIpc) is 2.72. The Balaban J connectivity index is 1.38. The summed E-state index contributed by atoms with van der Waals surface area (Å²) < 4.78 is 5.24. The quantitative estimate of drug-likeness (QED) is 0.633. The van der Waals surface area contributed by atoms with E-state index >= 15 is 0 Å². The minimum absolute atomic E-state index is 0.425. The van der Waals surface area contributed by atoms with Crippen LogP contribution in [0.3, 0.4) is 0 Å². The first kappa shape index (κ1) is 17.8. The van der Waals surface area contributed by atoms with Gasteiger partial charge in [0.25, 0.3) is 0 Å². The monoisotopic (exact) mass is 364 g/mol. The summed E-state index contributed by atoms with van der Waals surface area (Å²) >= 11 is 0. The fourth-order valence-electron chi connectivity index (χ4n) is 4.10. The first-order valence-electron chi connectivity index (χ1n) is 9.72. The minimum Gasteiger partial charge on any atom is -0.507 e. The second-order valence-electron chi connectivity index (χ2n) is 7.49. The first-order valence-corrected chi connectivity index (χ1v) is 9.72. The molecule has 0 atom stereocenters. The van der Waals surface area contributed by atoms with Crippen LogP contribution in [0.2, 0.25) is 0 Å². The molecule has 1 aliphatic heterocycles. The van der Waals surface area contributed by atoms with Crippen LogP contribution in [0.1, 0.15) is 11.1 Å². The largest absolute Gasteiger partial charge is 0.507 e. The molecular formula is C23H28N2O2+2. The summed E-state index contributed by atoms with van der Waals surface area (Å²) in [6, 6.07) is 20.6. The summed E-state index contributed by atoms with van der Waals surface area (Å²) in [5, 5.41) is 12.8. The van der Waals surface area contributed by atoms with Crippen molar-refractivity contribution in [3.8, 4) is 11.5 Å². The summed E-state index contributed by atoms with van der Waals surface area (Å²) in [5.41, 5.74) is 2.45. The molecule has 0 amide bonds. The SMILES string of the molecule is COc1ccc(C[NH+]2CC[NH+](Cc3c(O)ccc4ccccc34)CC2)cc1. The molecule has 1 heterocycles. The van der Waals surface area contributed by atoms with Gasteiger partial charge in [-0.3, -0.25) is 0 Å². The van der Waals surface area contributed by atoms with Crippen LogP contribution in [0.4, 0.5) is 0 Å². The number of quaternary nitrogens is 2. The van der Waals surface area contributed by atoms with Crippen molar-refractivity contribution in [3.63, 3.8) is 0 Å². The molecule has 0 aliphatic carbocycles. The molecular weight excluding hydrogens is 336 g/mol. The predicted molar refractivity (Wildman–Crippen MR) is 107 cm³/mol. The highest BCUT2D eigenvalue weighted by atomic mass is 16.5. The van der Waals surface area contributed by atoms with Crippen molar-refractivity contribution in [2.24, 2.45) is 0 Å². The Labute approximate surface area is 160 Å². The number of phenolic OH excluding ortho intramolecular Hbond substituents is 1. The molecule has 3 N–H and O–H groups in total. The standard InChI is InChI=1S/C23H26N2O2/c1-27-20-9-6-18(7-10-20)16-24-12-14-25(15-13-24)17-22-21-5-3-2-4-19(21)8-11-23(22)26/h2-11,26H,12-17H2,1H3/p+2. The highest BCUT2D eigenvalue weighted by Gasteiger charge is 2.24. The van der Waals surface area contributed by atoms with Gasteiger partial charge in [0, 0.05) is 5.56 Å². The molecule has 27 heavy (non-hydrogen) atoms. The van der Waals surface area contributed by atoms with Crippen molar-refractivity contribution in [1.29, 1.82) is 0 Å². The van der Waals surface area contributed by atoms with Gasteiger partial charge in [-0.1, -0.05) is 30.3 Å². The van der Waals surface area contributed by atoms with Gasteiger partial charge in [0.05, 0.1) is 12.7 Å². The molecule has 3 aromatic carbocycles. The van der Waals surface area contributed by atoms with Gasteiger partial charge in [0.2, 0.25) is 0 Å². The molecule has 0 radical (unpaired) electrons. The van der Waals surface area contributed by atoms with E-state index in [9.17, 15) is 5.11 Å². The smallest absolute Gasteiger partial charge is 0.127 e. The number of hydrogen-bond donors (Lipinski definition) is 3. The van der Waals surface area contributed by atoms with Gasteiger partial charge < -0.3 is 19.6 Å². The summed E-state index contributed by atoms with van der Waals surface area (Å²) in [7, 11) is 1.70. The molecule has 4 heteroatoms. The molecule has 0 unspecified atom stereocenters. The zero-order valence-corrected chi connectivity index (χ0v) is 15.9. The van der Waals surface area contributed by atoms with Crippen molar-refractivity contribution in [2.45, 2.75) is 13.1 Å². The number of aromatic hydroxyl groups is 1. The van der Waals surface area contributed by atoms with Gasteiger partial charge in [0.1, 0.15) is 50.8 Å². The Morgan fingerprint density at radius 1 is 0.815 bits per heavy atom. The van der Waals surface area contributed by atoms with E-state index in [4.69, 9.17) is 4.74 Å². The third kappa shape index (κ3) is 4.07. The number of ether oxygens (including phenoxy) is 1. The van der Waals surface area contributed by atoms with Crippen LogP contribution in [0.5, 0.6) is 11.5 Å². The molecule has 1 saturated heterocycles. The van der Waals surface area contributed by atoms with Gasteiger partial charge in [0.15, 0.2) is 0 Å². The zero-order chi connectivity index (χ0) is 18.6. The van der Waals surface area contributed by atoms with Gasteiger partial charge in [-0.15, -0.1) is 0 Å². The lowest BCUT2D eigenvalue weighted by Crippen LogP contribution is -3.27. The van der Waals surface area contributed by atoms with Gasteiger partial charge >= 0.3 is 0 Å². The number of methoxy groups -OCH3 is 1. The van der Waals surface area contributed by atoms with Crippen molar-refractivity contribution < 1.29 is 19.6 Å². The van der Waals surface area contributed by atoms with E-state index in [0.29, 0.717) is 5.75 Å². The second-order valence-corrected chi connectivity index (χ2v) is 7.49. The normalized spacial score (nSPS) is 19.9. The maximum atomic E-state index is 10.4. The van der Waals surface area contributed by atoms with Crippen molar-refractivity contribution >= 4 is 10.8 Å². The van der Waals surface area contributed by atoms with E-state index in [0.717, 1.165) is 50.6 Å². The molecule has 0 spiro atoms. The zero-order valence-electron chi connectivity index (χ0n) is 15.9. The van der Waals surface area contributed by atoms with E-state index in [-0.39, 0.29) is 0 Å². The molecule has 4 rings (SSSR count). The van der Waals surface area contributed by atoms with Crippen LogP contribution in [0.15, 0.2) is 60.7 Å². The highest BCUT2D eigenvalue weighted by Crippen LogP contribution is 2.26. The van der Waals surface area contributed by atoms with E-state index in [1.165, 1.54) is 16.3 Å². The van der Waals surface area contributed by atoms with E-state index in [2.05, 4.69) is 36.4 Å². The van der Waals surface area contributed by atoms with Crippen LogP contribution in [0, 0.1) is 0 Å². The number of fused-ring (bicyclic) bond motifs is 1. The Kier molecular flexibility index (Phi) is 5.28. The topological polar surface area (TPSA) is 38.3 Å². The average molecular weight is 364 g/mol. The molecule has 3 aromatic rings. The van der Waals surface area contributed by atoms with Gasteiger partial charge in [-0.2, -0.15) is 0 Å². The summed E-state index contributed by atoms with van der Waals surface area (Å²) in [6.45, 7) is 6.54. The molecule has 140 valence electrons. The minimum atomic E-state index is 0.425. The lowest BCUT2D eigenvalue weighted by atomic mass is 10.0. The van der Waals surface area contributed by atoms with E-state index in [1.807, 2.05) is 24.3 Å². The number of hydrogen-bond acceptors (Lipinski definition) is 2. The number of rotatable bonds is 5. The lowest BCUT2D eigenvalue weighted by Gasteiger charge is -2.30. The first-order chi connectivity index (χ1) is 13.2. The van der Waals surface area contributed by atoms with Crippen molar-refractivity contribution in [2.75, 3.05) is 33.3 Å². The maximum absolute atomic E-state index is 10.4. The van der Waals surface area contributed by atoms with Crippen LogP contribution >= 0.6 is 0 Å². The highest BCUT2D eigenvalue weighted by molar-refractivity contribution is 5.87. The number of nitrogens with one attached hydrogen (secondary N) is 2. The van der Waals surface area contributed by atoms with Crippen LogP contribution in [-0.4, -0.2) is 38.4 Å². The van der Waals surface area contributed by atoms with Gasteiger partial charge in [-0.05, 0) is 41.1 Å². The van der Waals surface area contributed by atoms with Crippen LogP contribution < -0.4 is 14.5 Å². The predicted octanol–water partition coefficient (Wildman–Crippen LogP) is 1.04. The Morgan fingerprint density at radius 2 is 1.48 bits per heavy atom. The third-order valence-corrected chi connectivity index (χ3v) is 5.72. The van der Waals surface area contributed by atoms with Crippen LogP contribution in [0.25, 0.3) is 10.8 Å². The second kappa shape index (κ2) is 7.99. The number of benzene rings is 3. The molecule has 1 aliphatic rings. The molecule has 0 saturated carbocycles. The molecule has 0 aromatic heterocycles. The molecule has 1 fully saturated rings. The number of phenols is 1. The van der Waals surface area contributed by atoms with Gasteiger partial charge in [-0.25, -0.2) is 0 Å².